The number of nitrogens with zero attached hydrogens (tertiary/aromatic N) is 3. The molecule has 0 aromatic carbocycles. The topological polar surface area (TPSA) is 59.8 Å². The molecule has 1 amide bonds. The van der Waals surface area contributed by atoms with Crippen LogP contribution in [0.25, 0.3) is 0 Å². The number of rotatable bonds is 4. The fraction of sp³-hybridized carbons (Fsp3) is 0.364. The van der Waals surface area contributed by atoms with E-state index in [0.29, 0.717) is 14.0 Å². The predicted octanol–water partition coefficient (Wildman–Crippen LogP) is 2.94. The van der Waals surface area contributed by atoms with Gasteiger partial charge in [-0.15, -0.1) is 11.3 Å². The molecular weight excluding hydrogens is 373 g/mol. The molecule has 21 heavy (non-hydrogen) atoms. The Hall–Kier alpha value is -1.42. The number of carbonyl (C=O) groups excluding carboxylic acids is 1. The summed E-state index contributed by atoms with van der Waals surface area (Å²) < 4.78 is 40.2. The van der Waals surface area contributed by atoms with Crippen molar-refractivity contribution in [2.75, 3.05) is 6.54 Å². The first-order valence-corrected chi connectivity index (χ1v) is 7.35. The van der Waals surface area contributed by atoms with Gasteiger partial charge in [-0.1, -0.05) is 0 Å². The van der Waals surface area contributed by atoms with E-state index in [1.807, 2.05) is 0 Å². The Kier molecular flexibility index (Phi) is 4.67. The molecule has 0 aliphatic heterocycles. The van der Waals surface area contributed by atoms with Gasteiger partial charge in [0.25, 0.3) is 5.91 Å². The van der Waals surface area contributed by atoms with Crippen molar-refractivity contribution in [2.24, 2.45) is 0 Å². The molecule has 0 fully saturated rings. The van der Waals surface area contributed by atoms with Crippen molar-refractivity contribution in [1.29, 1.82) is 0 Å². The molecule has 1 unspecified atom stereocenters. The molecule has 114 valence electrons. The number of aryl methyl sites for hydroxylation is 1. The predicted molar refractivity (Wildman–Crippen MR) is 74.2 cm³/mol. The molecule has 0 aliphatic rings. The van der Waals surface area contributed by atoms with E-state index in [0.717, 1.165) is 17.5 Å². The Morgan fingerprint density at radius 3 is 2.76 bits per heavy atom. The van der Waals surface area contributed by atoms with Crippen molar-refractivity contribution >= 4 is 33.2 Å². The Morgan fingerprint density at radius 2 is 2.29 bits per heavy atom. The number of halogens is 4. The SMILES string of the molecule is Cc1cc(C(=O)NCC(n2cncn2)C(F)(F)F)c(Br)s1. The molecule has 2 rings (SSSR count). The van der Waals surface area contributed by atoms with Gasteiger partial charge in [-0.2, -0.15) is 18.3 Å². The van der Waals surface area contributed by atoms with Crippen LogP contribution in [0.1, 0.15) is 21.3 Å². The Bertz CT molecular complexity index is 626. The molecule has 0 spiro atoms. The van der Waals surface area contributed by atoms with Crippen LogP contribution in [0.15, 0.2) is 22.5 Å². The third kappa shape index (κ3) is 3.82. The highest BCUT2D eigenvalue weighted by Gasteiger charge is 2.42. The van der Waals surface area contributed by atoms with E-state index in [1.165, 1.54) is 11.3 Å². The van der Waals surface area contributed by atoms with E-state index < -0.39 is 24.7 Å². The van der Waals surface area contributed by atoms with Crippen LogP contribution in [-0.4, -0.2) is 33.4 Å². The molecule has 2 aromatic heterocycles. The van der Waals surface area contributed by atoms with Gasteiger partial charge < -0.3 is 5.32 Å². The lowest BCUT2D eigenvalue weighted by molar-refractivity contribution is -0.168. The molecule has 1 atom stereocenters. The third-order valence-corrected chi connectivity index (χ3v) is 4.40. The van der Waals surface area contributed by atoms with Gasteiger partial charge >= 0.3 is 6.18 Å². The van der Waals surface area contributed by atoms with Gasteiger partial charge in [-0.05, 0) is 28.9 Å². The summed E-state index contributed by atoms with van der Waals surface area (Å²) >= 11 is 4.55. The van der Waals surface area contributed by atoms with Crippen LogP contribution in [0.3, 0.4) is 0 Å². The van der Waals surface area contributed by atoms with E-state index in [-0.39, 0.29) is 0 Å². The minimum absolute atomic E-state index is 0.317. The Labute approximate surface area is 130 Å². The zero-order valence-electron chi connectivity index (χ0n) is 10.7. The van der Waals surface area contributed by atoms with Crippen molar-refractivity contribution in [3.63, 3.8) is 0 Å². The van der Waals surface area contributed by atoms with Crippen molar-refractivity contribution in [2.45, 2.75) is 19.1 Å². The lowest BCUT2D eigenvalue weighted by atomic mass is 10.2. The molecule has 5 nitrogen and oxygen atoms in total. The molecule has 0 saturated heterocycles. The molecule has 2 heterocycles. The van der Waals surface area contributed by atoms with E-state index in [2.05, 4.69) is 31.3 Å². The van der Waals surface area contributed by atoms with E-state index >= 15 is 0 Å². The van der Waals surface area contributed by atoms with Crippen LogP contribution in [0.4, 0.5) is 13.2 Å². The van der Waals surface area contributed by atoms with Crippen molar-refractivity contribution < 1.29 is 18.0 Å². The molecule has 1 N–H and O–H groups in total. The largest absolute Gasteiger partial charge is 0.412 e. The summed E-state index contributed by atoms with van der Waals surface area (Å²) in [6.07, 6.45) is -2.56. The quantitative estimate of drug-likeness (QED) is 0.884. The second-order valence-corrected chi connectivity index (χ2v) is 6.76. The highest BCUT2D eigenvalue weighted by molar-refractivity contribution is 9.11. The average Bonchev–Trinajstić information content (AvgIpc) is 2.97. The molecule has 10 heteroatoms. The van der Waals surface area contributed by atoms with Crippen LogP contribution in [-0.2, 0) is 0 Å². The first kappa shape index (κ1) is 16.0. The molecule has 0 aliphatic carbocycles. The maximum Gasteiger partial charge on any atom is 0.412 e. The van der Waals surface area contributed by atoms with Gasteiger partial charge in [0.2, 0.25) is 0 Å². The highest BCUT2D eigenvalue weighted by atomic mass is 79.9. The number of thiophene rings is 1. The lowest BCUT2D eigenvalue weighted by Crippen LogP contribution is -2.38. The number of hydrogen-bond donors (Lipinski definition) is 1. The number of aromatic nitrogens is 3. The van der Waals surface area contributed by atoms with Gasteiger partial charge in [0.15, 0.2) is 6.04 Å². The van der Waals surface area contributed by atoms with E-state index in [9.17, 15) is 18.0 Å². The van der Waals surface area contributed by atoms with Crippen LogP contribution in [0.2, 0.25) is 0 Å². The molecule has 0 saturated carbocycles. The maximum atomic E-state index is 13.0. The minimum Gasteiger partial charge on any atom is -0.349 e. The maximum absolute atomic E-state index is 13.0. The van der Waals surface area contributed by atoms with Crippen LogP contribution in [0, 0.1) is 6.92 Å². The van der Waals surface area contributed by atoms with E-state index in [4.69, 9.17) is 0 Å². The zero-order valence-corrected chi connectivity index (χ0v) is 13.1. The second-order valence-electron chi connectivity index (χ2n) is 4.19. The Balaban J connectivity index is 2.09. The Morgan fingerprint density at radius 1 is 1.57 bits per heavy atom. The van der Waals surface area contributed by atoms with Gasteiger partial charge in [0.1, 0.15) is 12.7 Å². The lowest BCUT2D eigenvalue weighted by Gasteiger charge is -2.20. The van der Waals surface area contributed by atoms with Crippen molar-refractivity contribution in [3.8, 4) is 0 Å². The number of nitrogens with one attached hydrogen (secondary N) is 1. The number of alkyl halides is 3. The first-order valence-electron chi connectivity index (χ1n) is 5.74. The minimum atomic E-state index is -4.54. The van der Waals surface area contributed by atoms with Crippen LogP contribution >= 0.6 is 27.3 Å². The average molecular weight is 383 g/mol. The second kappa shape index (κ2) is 6.14. The van der Waals surface area contributed by atoms with Gasteiger partial charge in [-0.3, -0.25) is 4.79 Å². The fourth-order valence-corrected chi connectivity index (χ4v) is 3.44. The monoisotopic (exact) mass is 382 g/mol. The third-order valence-electron chi connectivity index (χ3n) is 2.64. The number of hydrogen-bond acceptors (Lipinski definition) is 4. The molecule has 0 radical (unpaired) electrons. The smallest absolute Gasteiger partial charge is 0.349 e. The summed E-state index contributed by atoms with van der Waals surface area (Å²) in [5.74, 6) is -0.569. The number of carbonyl (C=O) groups is 1. The van der Waals surface area contributed by atoms with Crippen molar-refractivity contribution in [3.05, 3.63) is 32.9 Å². The van der Waals surface area contributed by atoms with Gasteiger partial charge in [-0.25, -0.2) is 9.67 Å². The number of amides is 1. The zero-order chi connectivity index (χ0) is 15.6. The molecular formula is C11H10BrF3N4OS. The summed E-state index contributed by atoms with van der Waals surface area (Å²) in [7, 11) is 0. The summed E-state index contributed by atoms with van der Waals surface area (Å²) in [5, 5.41) is 5.76. The summed E-state index contributed by atoms with van der Waals surface area (Å²) in [5.41, 5.74) is 0.317. The summed E-state index contributed by atoms with van der Waals surface area (Å²) in [6, 6.07) is -0.343. The summed E-state index contributed by atoms with van der Waals surface area (Å²) in [4.78, 5) is 16.3. The van der Waals surface area contributed by atoms with Gasteiger partial charge in [0, 0.05) is 11.4 Å². The molecule has 0 bridgehead atoms. The van der Waals surface area contributed by atoms with E-state index in [1.54, 1.807) is 13.0 Å². The van der Waals surface area contributed by atoms with Crippen LogP contribution in [0.5, 0.6) is 0 Å². The van der Waals surface area contributed by atoms with Gasteiger partial charge in [0.05, 0.1) is 9.35 Å². The summed E-state index contributed by atoms with van der Waals surface area (Å²) in [6.45, 7) is 1.19. The first-order chi connectivity index (χ1) is 9.79. The normalized spacial score (nSPS) is 13.2. The molecule has 2 aromatic rings. The fourth-order valence-electron chi connectivity index (χ4n) is 1.66. The standard InChI is InChI=1S/C11H10BrF3N4OS/c1-6-2-7(9(12)21-6)10(20)17-3-8(11(13,14)15)19-5-16-4-18-19/h2,4-5,8H,3H2,1H3,(H,17,20). The van der Waals surface area contributed by atoms with Crippen LogP contribution < -0.4 is 5.32 Å². The highest BCUT2D eigenvalue weighted by Crippen LogP contribution is 2.30. The van der Waals surface area contributed by atoms with Crippen molar-refractivity contribution in [1.82, 2.24) is 20.1 Å².